The SMILES string of the molecule is CCC(C)C(NC(=O)c1ccc(Cl)cc1)C(=O)NCCCCN. The molecule has 4 N–H and O–H groups in total. The van der Waals surface area contributed by atoms with Gasteiger partial charge in [0.2, 0.25) is 5.91 Å². The monoisotopic (exact) mass is 339 g/mol. The minimum absolute atomic E-state index is 0.0424. The molecule has 0 aliphatic heterocycles. The fraction of sp³-hybridized carbons (Fsp3) is 0.529. The van der Waals surface area contributed by atoms with Crippen LogP contribution in [0.1, 0.15) is 43.5 Å². The molecule has 2 atom stereocenters. The number of hydrogen-bond donors (Lipinski definition) is 3. The van der Waals surface area contributed by atoms with Gasteiger partial charge in [-0.2, -0.15) is 0 Å². The molecule has 0 aromatic heterocycles. The molecule has 0 radical (unpaired) electrons. The Morgan fingerprint density at radius 1 is 1.22 bits per heavy atom. The number of nitrogens with one attached hydrogen (secondary N) is 2. The lowest BCUT2D eigenvalue weighted by atomic mass is 9.97. The van der Waals surface area contributed by atoms with Gasteiger partial charge in [0.05, 0.1) is 0 Å². The number of carbonyl (C=O) groups excluding carboxylic acids is 2. The van der Waals surface area contributed by atoms with E-state index in [1.807, 2.05) is 13.8 Å². The van der Waals surface area contributed by atoms with Gasteiger partial charge in [-0.05, 0) is 49.6 Å². The lowest BCUT2D eigenvalue weighted by molar-refractivity contribution is -0.124. The van der Waals surface area contributed by atoms with E-state index in [4.69, 9.17) is 17.3 Å². The largest absolute Gasteiger partial charge is 0.354 e. The zero-order valence-corrected chi connectivity index (χ0v) is 14.5. The number of carbonyl (C=O) groups is 2. The summed E-state index contributed by atoms with van der Waals surface area (Å²) in [7, 11) is 0. The first-order valence-corrected chi connectivity index (χ1v) is 8.41. The normalized spacial score (nSPS) is 13.2. The molecule has 1 rings (SSSR count). The van der Waals surface area contributed by atoms with Gasteiger partial charge >= 0.3 is 0 Å². The third kappa shape index (κ3) is 6.59. The van der Waals surface area contributed by atoms with Crippen LogP contribution in [0.15, 0.2) is 24.3 Å². The van der Waals surface area contributed by atoms with Crippen LogP contribution in [0.4, 0.5) is 0 Å². The van der Waals surface area contributed by atoms with Crippen molar-refractivity contribution in [2.24, 2.45) is 11.7 Å². The average molecular weight is 340 g/mol. The summed E-state index contributed by atoms with van der Waals surface area (Å²) in [5.41, 5.74) is 5.92. The third-order valence-corrected chi connectivity index (χ3v) is 4.07. The molecule has 6 heteroatoms. The van der Waals surface area contributed by atoms with E-state index < -0.39 is 6.04 Å². The van der Waals surface area contributed by atoms with Gasteiger partial charge < -0.3 is 16.4 Å². The van der Waals surface area contributed by atoms with Crippen molar-refractivity contribution in [3.63, 3.8) is 0 Å². The van der Waals surface area contributed by atoms with Crippen LogP contribution in [0.2, 0.25) is 5.02 Å². The quantitative estimate of drug-likeness (QED) is 0.604. The highest BCUT2D eigenvalue weighted by molar-refractivity contribution is 6.30. The molecule has 128 valence electrons. The molecule has 0 fully saturated rings. The molecule has 0 aliphatic rings. The Labute approximate surface area is 143 Å². The second-order valence-electron chi connectivity index (χ2n) is 5.63. The van der Waals surface area contributed by atoms with Crippen molar-refractivity contribution in [1.82, 2.24) is 10.6 Å². The van der Waals surface area contributed by atoms with Gasteiger partial charge in [0, 0.05) is 17.1 Å². The van der Waals surface area contributed by atoms with Crippen molar-refractivity contribution in [3.8, 4) is 0 Å². The van der Waals surface area contributed by atoms with Crippen LogP contribution in [0.5, 0.6) is 0 Å². The zero-order chi connectivity index (χ0) is 17.2. The molecular weight excluding hydrogens is 314 g/mol. The highest BCUT2D eigenvalue weighted by Gasteiger charge is 2.25. The average Bonchev–Trinajstić information content (AvgIpc) is 2.56. The van der Waals surface area contributed by atoms with E-state index in [2.05, 4.69) is 10.6 Å². The summed E-state index contributed by atoms with van der Waals surface area (Å²) in [6.07, 6.45) is 2.49. The summed E-state index contributed by atoms with van der Waals surface area (Å²) in [6, 6.07) is 6.04. The molecule has 0 spiro atoms. The summed E-state index contributed by atoms with van der Waals surface area (Å²) >= 11 is 5.82. The van der Waals surface area contributed by atoms with Crippen LogP contribution in [0, 0.1) is 5.92 Å². The summed E-state index contributed by atoms with van der Waals surface area (Å²) in [6.45, 7) is 5.12. The Hall–Kier alpha value is -1.59. The molecule has 23 heavy (non-hydrogen) atoms. The molecule has 0 heterocycles. The number of amides is 2. The van der Waals surface area contributed by atoms with Crippen molar-refractivity contribution >= 4 is 23.4 Å². The maximum atomic E-state index is 12.3. The second-order valence-corrected chi connectivity index (χ2v) is 6.07. The summed E-state index contributed by atoms with van der Waals surface area (Å²) in [4.78, 5) is 24.7. The highest BCUT2D eigenvalue weighted by Crippen LogP contribution is 2.12. The maximum Gasteiger partial charge on any atom is 0.251 e. The minimum atomic E-state index is -0.555. The van der Waals surface area contributed by atoms with E-state index in [1.54, 1.807) is 24.3 Å². The van der Waals surface area contributed by atoms with Crippen molar-refractivity contribution in [1.29, 1.82) is 0 Å². The van der Waals surface area contributed by atoms with Crippen LogP contribution in [0.3, 0.4) is 0 Å². The van der Waals surface area contributed by atoms with E-state index in [0.29, 0.717) is 23.7 Å². The van der Waals surface area contributed by atoms with E-state index in [0.717, 1.165) is 19.3 Å². The molecule has 0 aliphatic carbocycles. The first-order chi connectivity index (χ1) is 11.0. The fourth-order valence-electron chi connectivity index (χ4n) is 2.12. The minimum Gasteiger partial charge on any atom is -0.354 e. The van der Waals surface area contributed by atoms with E-state index >= 15 is 0 Å². The summed E-state index contributed by atoms with van der Waals surface area (Å²) in [5.74, 6) is -0.386. The van der Waals surface area contributed by atoms with Crippen LogP contribution in [0.25, 0.3) is 0 Å². The van der Waals surface area contributed by atoms with E-state index in [9.17, 15) is 9.59 Å². The van der Waals surface area contributed by atoms with Gasteiger partial charge in [0.15, 0.2) is 0 Å². The molecule has 2 amide bonds. The lowest BCUT2D eigenvalue weighted by Gasteiger charge is -2.23. The zero-order valence-electron chi connectivity index (χ0n) is 13.8. The topological polar surface area (TPSA) is 84.2 Å². The molecule has 2 unspecified atom stereocenters. The first kappa shape index (κ1) is 19.5. The predicted molar refractivity (Wildman–Crippen MR) is 93.5 cm³/mol. The third-order valence-electron chi connectivity index (χ3n) is 3.82. The Bertz CT molecular complexity index is 505. The Balaban J connectivity index is 2.68. The van der Waals surface area contributed by atoms with Crippen molar-refractivity contribution < 1.29 is 9.59 Å². The van der Waals surface area contributed by atoms with Crippen molar-refractivity contribution in [3.05, 3.63) is 34.9 Å². The molecular formula is C17H26ClN3O2. The lowest BCUT2D eigenvalue weighted by Crippen LogP contribution is -2.50. The first-order valence-electron chi connectivity index (χ1n) is 8.03. The smallest absolute Gasteiger partial charge is 0.251 e. The molecule has 1 aromatic carbocycles. The van der Waals surface area contributed by atoms with Crippen LogP contribution < -0.4 is 16.4 Å². The molecule has 5 nitrogen and oxygen atoms in total. The van der Waals surface area contributed by atoms with Gasteiger partial charge in [0.1, 0.15) is 6.04 Å². The fourth-order valence-corrected chi connectivity index (χ4v) is 2.24. The number of halogens is 1. The number of hydrogen-bond acceptors (Lipinski definition) is 3. The summed E-state index contributed by atoms with van der Waals surface area (Å²) in [5, 5.41) is 6.26. The molecule has 0 saturated carbocycles. The standard InChI is InChI=1S/C17H26ClN3O2/c1-3-12(2)15(17(23)20-11-5-4-10-19)21-16(22)13-6-8-14(18)9-7-13/h6-9,12,15H,3-5,10-11,19H2,1-2H3,(H,20,23)(H,21,22). The van der Waals surface area contributed by atoms with Gasteiger partial charge in [-0.1, -0.05) is 31.9 Å². The van der Waals surface area contributed by atoms with Gasteiger partial charge in [0.25, 0.3) is 5.91 Å². The Morgan fingerprint density at radius 2 is 1.87 bits per heavy atom. The van der Waals surface area contributed by atoms with Gasteiger partial charge in [-0.15, -0.1) is 0 Å². The molecule has 0 bridgehead atoms. The molecule has 0 saturated heterocycles. The molecule has 1 aromatic rings. The van der Waals surface area contributed by atoms with Gasteiger partial charge in [-0.3, -0.25) is 9.59 Å². The van der Waals surface area contributed by atoms with E-state index in [-0.39, 0.29) is 17.7 Å². The van der Waals surface area contributed by atoms with Crippen LogP contribution in [-0.4, -0.2) is 30.9 Å². The maximum absolute atomic E-state index is 12.3. The van der Waals surface area contributed by atoms with Crippen LogP contribution in [-0.2, 0) is 4.79 Å². The Morgan fingerprint density at radius 3 is 2.43 bits per heavy atom. The second kappa shape index (κ2) is 10.2. The van der Waals surface area contributed by atoms with E-state index in [1.165, 1.54) is 0 Å². The highest BCUT2D eigenvalue weighted by atomic mass is 35.5. The van der Waals surface area contributed by atoms with Gasteiger partial charge in [-0.25, -0.2) is 0 Å². The summed E-state index contributed by atoms with van der Waals surface area (Å²) < 4.78 is 0. The number of nitrogens with two attached hydrogens (primary N) is 1. The number of rotatable bonds is 9. The van der Waals surface area contributed by atoms with Crippen LogP contribution >= 0.6 is 11.6 Å². The number of unbranched alkanes of at least 4 members (excludes halogenated alkanes) is 1. The van der Waals surface area contributed by atoms with Crippen molar-refractivity contribution in [2.45, 2.75) is 39.2 Å². The predicted octanol–water partition coefficient (Wildman–Crippen LogP) is 2.34. The number of benzene rings is 1. The van der Waals surface area contributed by atoms with Crippen molar-refractivity contribution in [2.75, 3.05) is 13.1 Å². The Kier molecular flexibility index (Phi) is 8.66.